The van der Waals surface area contributed by atoms with Gasteiger partial charge in [0.15, 0.2) is 15.7 Å². The molecule has 1 atom stereocenters. The second kappa shape index (κ2) is 7.74. The fourth-order valence-corrected chi connectivity index (χ4v) is 4.69. The van der Waals surface area contributed by atoms with Gasteiger partial charge in [0, 0.05) is 12.3 Å². The van der Waals surface area contributed by atoms with Crippen LogP contribution in [0.3, 0.4) is 0 Å². The van der Waals surface area contributed by atoms with Gasteiger partial charge in [0.25, 0.3) is 5.91 Å². The lowest BCUT2D eigenvalue weighted by Gasteiger charge is -2.12. The molecule has 5 nitrogen and oxygen atoms in total. The molecule has 1 fully saturated rings. The number of aryl methyl sites for hydroxylation is 1. The van der Waals surface area contributed by atoms with Crippen molar-refractivity contribution in [3.05, 3.63) is 59.2 Å². The zero-order valence-corrected chi connectivity index (χ0v) is 15.5. The number of hydrogen-bond donors (Lipinski definition) is 1. The molecule has 27 heavy (non-hydrogen) atoms. The van der Waals surface area contributed by atoms with Crippen LogP contribution in [0.5, 0.6) is 0 Å². The van der Waals surface area contributed by atoms with Gasteiger partial charge >= 0.3 is 0 Å². The summed E-state index contributed by atoms with van der Waals surface area (Å²) in [5.74, 6) is -2.74. The summed E-state index contributed by atoms with van der Waals surface area (Å²) in [6.45, 7) is 2.35. The lowest BCUT2D eigenvalue weighted by molar-refractivity contribution is 0.102. The number of halogens is 2. The van der Waals surface area contributed by atoms with Crippen LogP contribution in [0.2, 0.25) is 0 Å². The van der Waals surface area contributed by atoms with Crippen LogP contribution in [0.4, 0.5) is 14.5 Å². The van der Waals surface area contributed by atoms with E-state index in [1.54, 1.807) is 0 Å². The lowest BCUT2D eigenvalue weighted by atomic mass is 10.1. The second-order valence-corrected chi connectivity index (χ2v) is 8.55. The number of nitrogens with one attached hydrogen (secondary N) is 1. The Labute approximate surface area is 156 Å². The largest absolute Gasteiger partial charge is 0.381 e. The minimum absolute atomic E-state index is 0.186. The molecule has 2 aromatic rings. The Kier molecular flexibility index (Phi) is 5.57. The van der Waals surface area contributed by atoms with Gasteiger partial charge in [-0.3, -0.25) is 4.79 Å². The van der Waals surface area contributed by atoms with E-state index in [1.807, 2.05) is 0 Å². The Morgan fingerprint density at radius 3 is 2.70 bits per heavy atom. The van der Waals surface area contributed by atoms with Crippen LogP contribution in [0, 0.1) is 24.5 Å². The number of amides is 1. The number of anilines is 1. The van der Waals surface area contributed by atoms with Crippen LogP contribution in [0.15, 0.2) is 41.3 Å². The van der Waals surface area contributed by atoms with Gasteiger partial charge in [-0.2, -0.15) is 0 Å². The zero-order chi connectivity index (χ0) is 19.6. The van der Waals surface area contributed by atoms with E-state index in [4.69, 9.17) is 4.74 Å². The Bertz CT molecular complexity index is 970. The summed E-state index contributed by atoms with van der Waals surface area (Å²) in [4.78, 5) is 11.9. The Morgan fingerprint density at radius 1 is 1.26 bits per heavy atom. The van der Waals surface area contributed by atoms with E-state index in [0.29, 0.717) is 25.2 Å². The predicted molar refractivity (Wildman–Crippen MR) is 96.5 cm³/mol. The maximum Gasteiger partial charge on any atom is 0.258 e. The van der Waals surface area contributed by atoms with E-state index in [1.165, 1.54) is 37.3 Å². The molecule has 0 unspecified atom stereocenters. The summed E-state index contributed by atoms with van der Waals surface area (Å²) in [5.41, 5.74) is 0.221. The molecule has 0 aliphatic carbocycles. The van der Waals surface area contributed by atoms with E-state index in [9.17, 15) is 22.0 Å². The van der Waals surface area contributed by atoms with Crippen molar-refractivity contribution in [3.63, 3.8) is 0 Å². The topological polar surface area (TPSA) is 72.5 Å². The molecule has 1 N–H and O–H groups in total. The van der Waals surface area contributed by atoms with Crippen LogP contribution in [0.25, 0.3) is 0 Å². The average Bonchev–Trinajstić information content (AvgIpc) is 3.10. The number of hydrogen-bond acceptors (Lipinski definition) is 4. The molecule has 8 heteroatoms. The standard InChI is InChI=1S/C19H19F2NO4S/c1-12-9-14(5-6-16(12)20)22-19(23)15-3-2-4-17(18(15)21)27(24,25)11-13-7-8-26-10-13/h2-6,9,13H,7-8,10-11H2,1H3,(H,22,23)/t13-/m1/s1. The van der Waals surface area contributed by atoms with Crippen molar-refractivity contribution in [1.29, 1.82) is 0 Å². The van der Waals surface area contributed by atoms with E-state index in [0.717, 1.165) is 6.07 Å². The fourth-order valence-electron chi connectivity index (χ4n) is 2.96. The van der Waals surface area contributed by atoms with Crippen molar-refractivity contribution < 1.29 is 26.7 Å². The van der Waals surface area contributed by atoms with Gasteiger partial charge in [0.05, 0.1) is 17.9 Å². The van der Waals surface area contributed by atoms with Crippen molar-refractivity contribution in [3.8, 4) is 0 Å². The number of carbonyl (C=O) groups excluding carboxylic acids is 1. The summed E-state index contributed by atoms with van der Waals surface area (Å²) in [6.07, 6.45) is 0.602. The van der Waals surface area contributed by atoms with E-state index in [2.05, 4.69) is 5.32 Å². The quantitative estimate of drug-likeness (QED) is 0.843. The molecule has 3 rings (SSSR count). The molecule has 0 aromatic heterocycles. The maximum atomic E-state index is 14.8. The summed E-state index contributed by atoms with van der Waals surface area (Å²) in [5, 5.41) is 2.46. The highest BCUT2D eigenvalue weighted by molar-refractivity contribution is 7.91. The van der Waals surface area contributed by atoms with Gasteiger partial charge in [0.2, 0.25) is 0 Å². The first-order chi connectivity index (χ1) is 12.8. The maximum absolute atomic E-state index is 14.8. The van der Waals surface area contributed by atoms with Gasteiger partial charge in [-0.25, -0.2) is 17.2 Å². The van der Waals surface area contributed by atoms with Crippen LogP contribution >= 0.6 is 0 Å². The predicted octanol–water partition coefficient (Wildman–Crippen LogP) is 3.34. The van der Waals surface area contributed by atoms with E-state index < -0.39 is 32.3 Å². The van der Waals surface area contributed by atoms with Crippen LogP contribution in [-0.2, 0) is 14.6 Å². The normalized spacial score (nSPS) is 17.1. The minimum atomic E-state index is -3.90. The smallest absolute Gasteiger partial charge is 0.258 e. The Morgan fingerprint density at radius 2 is 2.04 bits per heavy atom. The van der Waals surface area contributed by atoms with Crippen molar-refractivity contribution in [2.75, 3.05) is 24.3 Å². The number of sulfone groups is 1. The first kappa shape index (κ1) is 19.4. The number of carbonyl (C=O) groups is 1. The summed E-state index contributed by atoms with van der Waals surface area (Å²) < 4.78 is 58.4. The van der Waals surface area contributed by atoms with Crippen LogP contribution < -0.4 is 5.32 Å². The van der Waals surface area contributed by atoms with Gasteiger partial charge in [-0.1, -0.05) is 6.07 Å². The third-order valence-electron chi connectivity index (χ3n) is 4.44. The summed E-state index contributed by atoms with van der Waals surface area (Å²) in [7, 11) is -3.90. The first-order valence-electron chi connectivity index (χ1n) is 8.44. The van der Waals surface area contributed by atoms with E-state index in [-0.39, 0.29) is 22.9 Å². The minimum Gasteiger partial charge on any atom is -0.381 e. The Balaban J connectivity index is 1.85. The third kappa shape index (κ3) is 4.33. The highest BCUT2D eigenvalue weighted by atomic mass is 32.2. The van der Waals surface area contributed by atoms with Gasteiger partial charge in [0.1, 0.15) is 10.7 Å². The zero-order valence-electron chi connectivity index (χ0n) is 14.7. The molecule has 144 valence electrons. The molecular weight excluding hydrogens is 376 g/mol. The molecule has 0 radical (unpaired) electrons. The lowest BCUT2D eigenvalue weighted by Crippen LogP contribution is -2.20. The highest BCUT2D eigenvalue weighted by Gasteiger charge is 2.28. The van der Waals surface area contributed by atoms with Gasteiger partial charge in [-0.15, -0.1) is 0 Å². The first-order valence-corrected chi connectivity index (χ1v) is 10.1. The van der Waals surface area contributed by atoms with Crippen molar-refractivity contribution >= 4 is 21.4 Å². The molecule has 1 aliphatic rings. The highest BCUT2D eigenvalue weighted by Crippen LogP contribution is 2.24. The SMILES string of the molecule is Cc1cc(NC(=O)c2cccc(S(=O)(=O)C[C@@H]3CCOC3)c2F)ccc1F. The average molecular weight is 395 g/mol. The van der Waals surface area contributed by atoms with Crippen molar-refractivity contribution in [2.24, 2.45) is 5.92 Å². The van der Waals surface area contributed by atoms with Crippen LogP contribution in [-0.4, -0.2) is 33.3 Å². The van der Waals surface area contributed by atoms with Gasteiger partial charge < -0.3 is 10.1 Å². The third-order valence-corrected chi connectivity index (χ3v) is 6.33. The molecule has 1 heterocycles. The number of benzene rings is 2. The second-order valence-electron chi connectivity index (χ2n) is 6.55. The molecule has 0 saturated carbocycles. The molecule has 0 bridgehead atoms. The molecule has 1 aliphatic heterocycles. The molecule has 1 saturated heterocycles. The molecule has 0 spiro atoms. The summed E-state index contributed by atoms with van der Waals surface area (Å²) >= 11 is 0. The molecular formula is C19H19F2NO4S. The van der Waals surface area contributed by atoms with Crippen LogP contribution in [0.1, 0.15) is 22.3 Å². The molecule has 2 aromatic carbocycles. The fraction of sp³-hybridized carbons (Fsp3) is 0.316. The van der Waals surface area contributed by atoms with Crippen molar-refractivity contribution in [2.45, 2.75) is 18.2 Å². The number of ether oxygens (including phenoxy) is 1. The van der Waals surface area contributed by atoms with E-state index >= 15 is 0 Å². The number of rotatable bonds is 5. The monoisotopic (exact) mass is 395 g/mol. The van der Waals surface area contributed by atoms with Crippen molar-refractivity contribution in [1.82, 2.24) is 0 Å². The van der Waals surface area contributed by atoms with Gasteiger partial charge in [-0.05, 0) is 55.2 Å². The molecule has 1 amide bonds. The Hall–Kier alpha value is -2.32. The summed E-state index contributed by atoms with van der Waals surface area (Å²) in [6, 6.07) is 7.63.